The summed E-state index contributed by atoms with van der Waals surface area (Å²) in [4.78, 5) is 16.6. The Balaban J connectivity index is 2.48. The third kappa shape index (κ3) is 2.04. The quantitative estimate of drug-likeness (QED) is 0.840. The van der Waals surface area contributed by atoms with Crippen LogP contribution in [0.3, 0.4) is 0 Å². The second kappa shape index (κ2) is 4.90. The highest BCUT2D eigenvalue weighted by atomic mass is 16.1. The molecule has 0 spiro atoms. The van der Waals surface area contributed by atoms with Crippen molar-refractivity contribution in [1.82, 2.24) is 14.9 Å². The van der Waals surface area contributed by atoms with Crippen LogP contribution in [0.2, 0.25) is 0 Å². The van der Waals surface area contributed by atoms with Crippen LogP contribution in [-0.2, 0) is 6.54 Å². The SMILES string of the molecule is CCn1c(C)nc2cc(C(=O)C(C)NC)ccc21. The van der Waals surface area contributed by atoms with Crippen molar-refractivity contribution in [2.45, 2.75) is 33.4 Å². The lowest BCUT2D eigenvalue weighted by Gasteiger charge is -2.09. The van der Waals surface area contributed by atoms with Crippen LogP contribution < -0.4 is 5.32 Å². The number of imidazole rings is 1. The van der Waals surface area contributed by atoms with Gasteiger partial charge in [-0.3, -0.25) is 4.79 Å². The number of carbonyl (C=O) groups excluding carboxylic acids is 1. The van der Waals surface area contributed by atoms with Gasteiger partial charge in [0.25, 0.3) is 0 Å². The largest absolute Gasteiger partial charge is 0.329 e. The molecule has 0 aliphatic rings. The molecular weight excluding hydrogens is 226 g/mol. The molecule has 0 radical (unpaired) electrons. The van der Waals surface area contributed by atoms with Gasteiger partial charge in [-0.15, -0.1) is 0 Å². The van der Waals surface area contributed by atoms with Crippen molar-refractivity contribution in [1.29, 1.82) is 0 Å². The molecule has 96 valence electrons. The van der Waals surface area contributed by atoms with Crippen molar-refractivity contribution < 1.29 is 4.79 Å². The van der Waals surface area contributed by atoms with Crippen molar-refractivity contribution in [3.8, 4) is 0 Å². The molecule has 1 N–H and O–H groups in total. The maximum absolute atomic E-state index is 12.1. The highest BCUT2D eigenvalue weighted by Crippen LogP contribution is 2.18. The number of aromatic nitrogens is 2. The van der Waals surface area contributed by atoms with Gasteiger partial charge in [0.2, 0.25) is 0 Å². The molecule has 2 rings (SSSR count). The Morgan fingerprint density at radius 2 is 2.22 bits per heavy atom. The fraction of sp³-hybridized carbons (Fsp3) is 0.429. The molecule has 0 saturated carbocycles. The zero-order valence-corrected chi connectivity index (χ0v) is 11.3. The normalized spacial score (nSPS) is 12.9. The van der Waals surface area contributed by atoms with Crippen LogP contribution in [0, 0.1) is 6.92 Å². The Morgan fingerprint density at radius 1 is 1.50 bits per heavy atom. The lowest BCUT2D eigenvalue weighted by atomic mass is 10.1. The van der Waals surface area contributed by atoms with Crippen LogP contribution in [0.5, 0.6) is 0 Å². The summed E-state index contributed by atoms with van der Waals surface area (Å²) in [6, 6.07) is 5.57. The molecule has 0 aliphatic carbocycles. The first-order chi connectivity index (χ1) is 8.58. The fourth-order valence-corrected chi connectivity index (χ4v) is 2.18. The van der Waals surface area contributed by atoms with Crippen LogP contribution in [0.1, 0.15) is 30.0 Å². The molecule has 0 amide bonds. The average molecular weight is 245 g/mol. The molecule has 1 aromatic carbocycles. The molecule has 0 saturated heterocycles. The van der Waals surface area contributed by atoms with Gasteiger partial charge in [0.05, 0.1) is 17.1 Å². The lowest BCUT2D eigenvalue weighted by Crippen LogP contribution is -2.30. The van der Waals surface area contributed by atoms with Gasteiger partial charge in [0.1, 0.15) is 5.82 Å². The number of aryl methyl sites for hydroxylation is 2. The zero-order chi connectivity index (χ0) is 13.3. The van der Waals surface area contributed by atoms with E-state index in [4.69, 9.17) is 0 Å². The van der Waals surface area contributed by atoms with Gasteiger partial charge in [0, 0.05) is 12.1 Å². The standard InChI is InChI=1S/C14H19N3O/c1-5-17-10(3)16-12-8-11(6-7-13(12)17)14(18)9(2)15-4/h6-9,15H,5H2,1-4H3. The molecule has 0 aliphatic heterocycles. The number of benzene rings is 1. The van der Waals surface area contributed by atoms with E-state index in [-0.39, 0.29) is 11.8 Å². The molecule has 4 nitrogen and oxygen atoms in total. The first-order valence-electron chi connectivity index (χ1n) is 6.26. The number of ketones is 1. The molecule has 1 heterocycles. The molecule has 1 aromatic heterocycles. The van der Waals surface area contributed by atoms with Gasteiger partial charge in [0.15, 0.2) is 5.78 Å². The Kier molecular flexibility index (Phi) is 3.48. The Morgan fingerprint density at radius 3 is 2.83 bits per heavy atom. The van der Waals surface area contributed by atoms with E-state index >= 15 is 0 Å². The molecule has 18 heavy (non-hydrogen) atoms. The number of likely N-dealkylation sites (N-methyl/N-ethyl adjacent to an activating group) is 1. The molecule has 1 atom stereocenters. The van der Waals surface area contributed by atoms with Crippen molar-refractivity contribution in [3.05, 3.63) is 29.6 Å². The summed E-state index contributed by atoms with van der Waals surface area (Å²) in [7, 11) is 1.79. The van der Waals surface area contributed by atoms with E-state index in [0.717, 1.165) is 23.4 Å². The zero-order valence-electron chi connectivity index (χ0n) is 11.3. The van der Waals surface area contributed by atoms with Gasteiger partial charge < -0.3 is 9.88 Å². The van der Waals surface area contributed by atoms with Gasteiger partial charge in [-0.05, 0) is 46.0 Å². The van der Waals surface area contributed by atoms with E-state index in [1.807, 2.05) is 32.0 Å². The van der Waals surface area contributed by atoms with Crippen LogP contribution in [0.25, 0.3) is 11.0 Å². The number of hydrogen-bond acceptors (Lipinski definition) is 3. The minimum atomic E-state index is -0.170. The van der Waals surface area contributed by atoms with Crippen molar-refractivity contribution in [3.63, 3.8) is 0 Å². The Hall–Kier alpha value is -1.68. The number of hydrogen-bond donors (Lipinski definition) is 1. The highest BCUT2D eigenvalue weighted by molar-refractivity contribution is 6.02. The van der Waals surface area contributed by atoms with E-state index in [9.17, 15) is 4.79 Å². The summed E-state index contributed by atoms with van der Waals surface area (Å²) in [5.41, 5.74) is 2.69. The summed E-state index contributed by atoms with van der Waals surface area (Å²) >= 11 is 0. The second-order valence-corrected chi connectivity index (χ2v) is 4.48. The lowest BCUT2D eigenvalue weighted by molar-refractivity contribution is 0.0955. The van der Waals surface area contributed by atoms with Gasteiger partial charge in [-0.2, -0.15) is 0 Å². The molecule has 0 bridgehead atoms. The van der Waals surface area contributed by atoms with Crippen LogP contribution in [0.4, 0.5) is 0 Å². The topological polar surface area (TPSA) is 46.9 Å². The van der Waals surface area contributed by atoms with Crippen LogP contribution in [0.15, 0.2) is 18.2 Å². The summed E-state index contributed by atoms with van der Waals surface area (Å²) < 4.78 is 2.14. The monoisotopic (exact) mass is 245 g/mol. The minimum Gasteiger partial charge on any atom is -0.329 e. The van der Waals surface area contributed by atoms with Gasteiger partial charge in [-0.25, -0.2) is 4.98 Å². The molecule has 2 aromatic rings. The summed E-state index contributed by atoms with van der Waals surface area (Å²) in [5, 5.41) is 2.96. The average Bonchev–Trinajstić information content (AvgIpc) is 2.70. The summed E-state index contributed by atoms with van der Waals surface area (Å²) in [6.07, 6.45) is 0. The molecule has 1 unspecified atom stereocenters. The number of fused-ring (bicyclic) bond motifs is 1. The third-order valence-electron chi connectivity index (χ3n) is 3.37. The van der Waals surface area contributed by atoms with Crippen LogP contribution >= 0.6 is 0 Å². The number of Topliss-reactive ketones (excluding diaryl/α,β-unsaturated/α-hetero) is 1. The number of nitrogens with zero attached hydrogens (tertiary/aromatic N) is 2. The van der Waals surface area contributed by atoms with Crippen LogP contribution in [-0.4, -0.2) is 28.4 Å². The van der Waals surface area contributed by atoms with E-state index in [2.05, 4.69) is 21.8 Å². The second-order valence-electron chi connectivity index (χ2n) is 4.48. The Bertz CT molecular complexity index is 586. The first-order valence-corrected chi connectivity index (χ1v) is 6.26. The van der Waals surface area contributed by atoms with Crippen molar-refractivity contribution in [2.24, 2.45) is 0 Å². The highest BCUT2D eigenvalue weighted by Gasteiger charge is 2.15. The molecule has 4 heteroatoms. The maximum Gasteiger partial charge on any atom is 0.179 e. The van der Waals surface area contributed by atoms with E-state index in [1.165, 1.54) is 0 Å². The first kappa shape index (κ1) is 12.8. The summed E-state index contributed by atoms with van der Waals surface area (Å²) in [5.74, 6) is 1.09. The molecular formula is C14H19N3O. The predicted molar refractivity (Wildman–Crippen MR) is 73.0 cm³/mol. The number of nitrogens with one attached hydrogen (secondary N) is 1. The third-order valence-corrected chi connectivity index (χ3v) is 3.37. The number of carbonyl (C=O) groups is 1. The van der Waals surface area contributed by atoms with E-state index in [0.29, 0.717) is 5.56 Å². The van der Waals surface area contributed by atoms with E-state index < -0.39 is 0 Å². The maximum atomic E-state index is 12.1. The fourth-order valence-electron chi connectivity index (χ4n) is 2.18. The van der Waals surface area contributed by atoms with Crippen molar-refractivity contribution in [2.75, 3.05) is 7.05 Å². The predicted octanol–water partition coefficient (Wildman–Crippen LogP) is 2.16. The number of rotatable bonds is 4. The molecule has 0 fully saturated rings. The van der Waals surface area contributed by atoms with E-state index in [1.54, 1.807) is 7.05 Å². The minimum absolute atomic E-state index is 0.100. The van der Waals surface area contributed by atoms with Gasteiger partial charge in [-0.1, -0.05) is 0 Å². The summed E-state index contributed by atoms with van der Waals surface area (Å²) in [6.45, 7) is 6.84. The Labute approximate surface area is 107 Å². The smallest absolute Gasteiger partial charge is 0.179 e. The van der Waals surface area contributed by atoms with Crippen molar-refractivity contribution >= 4 is 16.8 Å². The van der Waals surface area contributed by atoms with Gasteiger partial charge >= 0.3 is 0 Å².